The summed E-state index contributed by atoms with van der Waals surface area (Å²) in [5.41, 5.74) is -0.146. The highest BCUT2D eigenvalue weighted by Crippen LogP contribution is 2.24. The lowest BCUT2D eigenvalue weighted by Crippen LogP contribution is -2.00. The Balaban J connectivity index is 3.16. The summed E-state index contributed by atoms with van der Waals surface area (Å²) in [6.45, 7) is 0. The molecule has 0 aliphatic carbocycles. The van der Waals surface area contributed by atoms with Gasteiger partial charge in [-0.25, -0.2) is 4.84 Å². The van der Waals surface area contributed by atoms with E-state index in [-0.39, 0.29) is 15.1 Å². The Labute approximate surface area is 76.8 Å². The molecule has 0 aromatic heterocycles. The molecule has 64 valence electrons. The van der Waals surface area contributed by atoms with Gasteiger partial charge < -0.3 is 0 Å². The molecule has 1 rings (SSSR count). The summed E-state index contributed by atoms with van der Waals surface area (Å²) >= 11 is 2.95. The first-order chi connectivity index (χ1) is 5.66. The average Bonchev–Trinajstić information content (AvgIpc) is 2.08. The van der Waals surface area contributed by atoms with Crippen LogP contribution in [0.2, 0.25) is 0 Å². The predicted octanol–water partition coefficient (Wildman–Crippen LogP) is 2.56. The summed E-state index contributed by atoms with van der Waals surface area (Å²) in [4.78, 5) is 15.2. The number of rotatable bonds is 2. The average molecular weight is 235 g/mol. The largest absolute Gasteiger partial charge is 0.353 e. The van der Waals surface area contributed by atoms with Crippen LogP contribution in [0.15, 0.2) is 22.7 Å². The van der Waals surface area contributed by atoms with Crippen LogP contribution in [0.25, 0.3) is 0 Å². The molecule has 0 bridgehead atoms. The lowest BCUT2D eigenvalue weighted by atomic mass is 10.3. The van der Waals surface area contributed by atoms with E-state index in [0.29, 0.717) is 0 Å². The lowest BCUT2D eigenvalue weighted by molar-refractivity contribution is -0.737. The number of halogens is 2. The molecule has 1 aromatic rings. The zero-order valence-corrected chi connectivity index (χ0v) is 7.84. The van der Waals surface area contributed by atoms with Crippen molar-refractivity contribution in [3.05, 3.63) is 33.4 Å². The van der Waals surface area contributed by atoms with E-state index in [2.05, 4.69) is 20.8 Å². The fourth-order valence-corrected chi connectivity index (χ4v) is 1.09. The summed E-state index contributed by atoms with van der Waals surface area (Å²) in [5.74, 6) is -0.630. The predicted molar refractivity (Wildman–Crippen MR) is 44.4 cm³/mol. The lowest BCUT2D eigenvalue weighted by Gasteiger charge is -1.92. The van der Waals surface area contributed by atoms with E-state index in [1.807, 2.05) is 0 Å². The second kappa shape index (κ2) is 3.62. The minimum absolute atomic E-state index is 0.111. The van der Waals surface area contributed by atoms with E-state index in [9.17, 15) is 9.30 Å². The van der Waals surface area contributed by atoms with Crippen LogP contribution in [0.3, 0.4) is 0 Å². The molecular formula is C7H6BrFNO2+. The van der Waals surface area contributed by atoms with Crippen molar-refractivity contribution in [1.82, 2.24) is 0 Å². The highest BCUT2D eigenvalue weighted by molar-refractivity contribution is 9.10. The maximum absolute atomic E-state index is 13.1. The molecule has 0 spiro atoms. The van der Waals surface area contributed by atoms with E-state index >= 15 is 0 Å². The van der Waals surface area contributed by atoms with Gasteiger partial charge in [0.2, 0.25) is 5.82 Å². The summed E-state index contributed by atoms with van der Waals surface area (Å²) in [6.07, 6.45) is 0. The smallest absolute Gasteiger partial charge is 0.230 e. The van der Waals surface area contributed by atoms with Gasteiger partial charge in [0.05, 0.1) is 9.38 Å². The van der Waals surface area contributed by atoms with E-state index in [0.717, 1.165) is 0 Å². The van der Waals surface area contributed by atoms with Crippen molar-refractivity contribution in [2.45, 2.75) is 0 Å². The van der Waals surface area contributed by atoms with E-state index in [1.54, 1.807) is 6.07 Å². The van der Waals surface area contributed by atoms with Crippen LogP contribution in [0.1, 0.15) is 0 Å². The van der Waals surface area contributed by atoms with Crippen LogP contribution >= 0.6 is 15.9 Å². The van der Waals surface area contributed by atoms with Crippen LogP contribution < -0.4 is 0 Å². The van der Waals surface area contributed by atoms with Crippen molar-refractivity contribution in [2.24, 2.45) is 0 Å². The molecule has 0 saturated carbocycles. The molecule has 0 atom stereocenters. The third kappa shape index (κ3) is 1.61. The van der Waals surface area contributed by atoms with Gasteiger partial charge in [0.25, 0.3) is 4.92 Å². The second-order valence-electron chi connectivity index (χ2n) is 2.01. The monoisotopic (exact) mass is 234 g/mol. The molecule has 0 heterocycles. The van der Waals surface area contributed by atoms with Crippen LogP contribution in [-0.2, 0) is 4.84 Å². The molecule has 3 nitrogen and oxygen atoms in total. The first-order valence-corrected chi connectivity index (χ1v) is 3.91. The Morgan fingerprint density at radius 1 is 1.58 bits per heavy atom. The van der Waals surface area contributed by atoms with E-state index < -0.39 is 5.82 Å². The van der Waals surface area contributed by atoms with Crippen molar-refractivity contribution in [2.75, 3.05) is 7.11 Å². The van der Waals surface area contributed by atoms with Crippen molar-refractivity contribution < 1.29 is 14.2 Å². The number of benzene rings is 1. The number of nitrogens with zero attached hydrogens (tertiary/aromatic N) is 1. The highest BCUT2D eigenvalue weighted by atomic mass is 79.9. The molecule has 12 heavy (non-hydrogen) atoms. The fraction of sp³-hybridized carbons (Fsp3) is 0.143. The highest BCUT2D eigenvalue weighted by Gasteiger charge is 2.22. The van der Waals surface area contributed by atoms with Gasteiger partial charge in [-0.3, -0.25) is 0 Å². The maximum atomic E-state index is 13.1. The van der Waals surface area contributed by atoms with Crippen LogP contribution in [0.4, 0.5) is 10.1 Å². The third-order valence-corrected chi connectivity index (χ3v) is 1.91. The molecule has 0 unspecified atom stereocenters. The maximum Gasteiger partial charge on any atom is 0.353 e. The van der Waals surface area contributed by atoms with Crippen LogP contribution in [-0.4, -0.2) is 12.0 Å². The molecule has 0 aliphatic rings. The minimum atomic E-state index is -0.630. The summed E-state index contributed by atoms with van der Waals surface area (Å²) < 4.78 is 13.3. The van der Waals surface area contributed by atoms with Crippen molar-refractivity contribution in [1.29, 1.82) is 0 Å². The topological polar surface area (TPSA) is 29.3 Å². The Morgan fingerprint density at radius 2 is 2.25 bits per heavy atom. The zero-order valence-electron chi connectivity index (χ0n) is 6.25. The normalized spacial score (nSPS) is 9.58. The molecule has 0 saturated heterocycles. The van der Waals surface area contributed by atoms with Gasteiger partial charge in [-0.15, -0.1) is 0 Å². The van der Waals surface area contributed by atoms with Crippen molar-refractivity contribution >= 4 is 21.6 Å². The Bertz CT molecular complexity index is 316. The van der Waals surface area contributed by atoms with Gasteiger partial charge in [0.1, 0.15) is 0 Å². The van der Waals surface area contributed by atoms with Gasteiger partial charge >= 0.3 is 5.69 Å². The number of hydrogen-bond acceptors (Lipinski definition) is 2. The van der Waals surface area contributed by atoms with Crippen molar-refractivity contribution in [3.63, 3.8) is 0 Å². The minimum Gasteiger partial charge on any atom is -0.230 e. The Hall–Kier alpha value is -0.970. The molecule has 0 aliphatic heterocycles. The second-order valence-corrected chi connectivity index (χ2v) is 2.87. The molecule has 0 radical (unpaired) electrons. The molecular weight excluding hydrogens is 229 g/mol. The molecule has 5 heteroatoms. The van der Waals surface area contributed by atoms with Gasteiger partial charge in [-0.2, -0.15) is 4.39 Å². The molecule has 0 N–H and O–H groups in total. The standard InChI is InChI=1S/C7H6BrFNO2/c1-12-10(11)6-4-2-3-5(8)7(6)9/h2-4H,1H3/q+1. The molecule has 1 aromatic carbocycles. The quantitative estimate of drug-likeness (QED) is 0.737. The van der Waals surface area contributed by atoms with Crippen LogP contribution in [0.5, 0.6) is 0 Å². The number of hydrogen-bond donors (Lipinski definition) is 0. The SMILES string of the molecule is CO[N+](=O)c1cccc(Br)c1F. The zero-order chi connectivity index (χ0) is 9.14. The van der Waals surface area contributed by atoms with E-state index in [1.165, 1.54) is 19.2 Å². The Morgan fingerprint density at radius 3 is 2.83 bits per heavy atom. The molecule has 0 fully saturated rings. The van der Waals surface area contributed by atoms with Crippen LogP contribution in [0, 0.1) is 10.7 Å². The fourth-order valence-electron chi connectivity index (χ4n) is 0.732. The Kier molecular flexibility index (Phi) is 2.75. The third-order valence-electron chi connectivity index (χ3n) is 1.29. The first kappa shape index (κ1) is 9.12. The summed E-state index contributed by atoms with van der Waals surface area (Å²) in [7, 11) is 1.17. The van der Waals surface area contributed by atoms with Gasteiger partial charge in [-0.05, 0) is 22.0 Å². The van der Waals surface area contributed by atoms with Gasteiger partial charge in [0, 0.05) is 6.07 Å². The summed E-state index contributed by atoms with van der Waals surface area (Å²) in [6, 6.07) is 4.38. The van der Waals surface area contributed by atoms with Crippen molar-refractivity contribution in [3.8, 4) is 0 Å². The van der Waals surface area contributed by atoms with Gasteiger partial charge in [-0.1, -0.05) is 6.07 Å². The van der Waals surface area contributed by atoms with E-state index in [4.69, 9.17) is 0 Å². The first-order valence-electron chi connectivity index (χ1n) is 3.12. The molecule has 0 amide bonds. The summed E-state index contributed by atoms with van der Waals surface area (Å²) in [5, 5.41) is 0. The van der Waals surface area contributed by atoms with Gasteiger partial charge in [0.15, 0.2) is 7.11 Å².